The molecular weight excluding hydrogens is 196 g/mol. The molecule has 0 unspecified atom stereocenters. The molecule has 2 nitrogen and oxygen atoms in total. The van der Waals surface area contributed by atoms with Crippen LogP contribution in [0.3, 0.4) is 0 Å². The van der Waals surface area contributed by atoms with Gasteiger partial charge >= 0.3 is 0 Å². The third kappa shape index (κ3) is 1.94. The molecule has 86 valence electrons. The maximum atomic E-state index is 3.36. The standard InChI is InChI=1S/C14H20N2/c1-2-7-14-13(5-1)6-3-4-8-16(14)11-12-9-15-10-12/h1-2,5,7,12,15H,3-4,6,8-11H2. The topological polar surface area (TPSA) is 15.3 Å². The zero-order chi connectivity index (χ0) is 10.8. The van der Waals surface area contributed by atoms with Crippen molar-refractivity contribution in [2.45, 2.75) is 19.3 Å². The molecule has 0 spiro atoms. The summed E-state index contributed by atoms with van der Waals surface area (Å²) < 4.78 is 0. The molecule has 0 radical (unpaired) electrons. The van der Waals surface area contributed by atoms with Crippen LogP contribution >= 0.6 is 0 Å². The Bertz CT molecular complexity index is 358. The highest BCUT2D eigenvalue weighted by Crippen LogP contribution is 2.27. The van der Waals surface area contributed by atoms with E-state index >= 15 is 0 Å². The molecule has 0 aliphatic carbocycles. The van der Waals surface area contributed by atoms with Gasteiger partial charge < -0.3 is 10.2 Å². The van der Waals surface area contributed by atoms with Crippen LogP contribution < -0.4 is 10.2 Å². The van der Waals surface area contributed by atoms with E-state index in [2.05, 4.69) is 34.5 Å². The van der Waals surface area contributed by atoms with Gasteiger partial charge in [-0.2, -0.15) is 0 Å². The normalized spacial score (nSPS) is 21.1. The number of para-hydroxylation sites is 1. The van der Waals surface area contributed by atoms with Crippen LogP contribution in [-0.4, -0.2) is 26.2 Å². The van der Waals surface area contributed by atoms with Crippen LogP contribution in [0.4, 0.5) is 5.69 Å². The largest absolute Gasteiger partial charge is 0.371 e. The number of nitrogens with one attached hydrogen (secondary N) is 1. The van der Waals surface area contributed by atoms with Gasteiger partial charge in [0.05, 0.1) is 0 Å². The lowest BCUT2D eigenvalue weighted by atomic mass is 10.0. The third-order valence-electron chi connectivity index (χ3n) is 3.80. The van der Waals surface area contributed by atoms with Crippen LogP contribution in [0.2, 0.25) is 0 Å². The fourth-order valence-electron chi connectivity index (χ4n) is 2.75. The van der Waals surface area contributed by atoms with Gasteiger partial charge in [0.25, 0.3) is 0 Å². The van der Waals surface area contributed by atoms with Gasteiger partial charge in [-0.05, 0) is 30.9 Å². The molecule has 0 saturated carbocycles. The van der Waals surface area contributed by atoms with E-state index in [0.29, 0.717) is 0 Å². The number of nitrogens with zero attached hydrogens (tertiary/aromatic N) is 1. The summed E-state index contributed by atoms with van der Waals surface area (Å²) in [6.45, 7) is 4.90. The molecule has 3 rings (SSSR count). The average Bonchev–Trinajstić information content (AvgIpc) is 2.46. The highest BCUT2D eigenvalue weighted by atomic mass is 15.1. The van der Waals surface area contributed by atoms with E-state index in [1.807, 2.05) is 0 Å². The van der Waals surface area contributed by atoms with Crippen molar-refractivity contribution in [2.75, 3.05) is 31.1 Å². The van der Waals surface area contributed by atoms with Crippen molar-refractivity contribution >= 4 is 5.69 Å². The molecule has 0 aromatic heterocycles. The minimum absolute atomic E-state index is 0.867. The maximum Gasteiger partial charge on any atom is 0.0398 e. The summed E-state index contributed by atoms with van der Waals surface area (Å²) in [6.07, 6.45) is 3.95. The molecule has 1 N–H and O–H groups in total. The number of anilines is 1. The van der Waals surface area contributed by atoms with Gasteiger partial charge in [0.15, 0.2) is 0 Å². The number of fused-ring (bicyclic) bond motifs is 1. The van der Waals surface area contributed by atoms with Crippen molar-refractivity contribution in [2.24, 2.45) is 5.92 Å². The van der Waals surface area contributed by atoms with E-state index in [9.17, 15) is 0 Å². The minimum Gasteiger partial charge on any atom is -0.371 e. The number of hydrogen-bond donors (Lipinski definition) is 1. The molecule has 1 aromatic rings. The maximum absolute atomic E-state index is 3.36. The number of hydrogen-bond acceptors (Lipinski definition) is 2. The molecule has 1 aromatic carbocycles. The molecule has 1 saturated heterocycles. The Hall–Kier alpha value is -1.02. The Morgan fingerprint density at radius 1 is 1.19 bits per heavy atom. The van der Waals surface area contributed by atoms with Crippen LogP contribution in [0.25, 0.3) is 0 Å². The van der Waals surface area contributed by atoms with Crippen LogP contribution in [-0.2, 0) is 6.42 Å². The number of benzene rings is 1. The fourth-order valence-corrected chi connectivity index (χ4v) is 2.75. The molecule has 2 heteroatoms. The predicted octanol–water partition coefficient (Wildman–Crippen LogP) is 2.05. The Labute approximate surface area is 97.6 Å². The zero-order valence-corrected chi connectivity index (χ0v) is 9.78. The SMILES string of the molecule is c1ccc2c(c1)CCCCN2CC1CNC1. The van der Waals surface area contributed by atoms with Crippen LogP contribution in [0.15, 0.2) is 24.3 Å². The average molecular weight is 216 g/mol. The molecule has 0 atom stereocenters. The van der Waals surface area contributed by atoms with Crippen LogP contribution in [0.5, 0.6) is 0 Å². The molecule has 2 aliphatic heterocycles. The van der Waals surface area contributed by atoms with E-state index in [0.717, 1.165) is 5.92 Å². The summed E-state index contributed by atoms with van der Waals surface area (Å²) in [7, 11) is 0. The number of aryl methyl sites for hydroxylation is 1. The second kappa shape index (κ2) is 4.46. The van der Waals surface area contributed by atoms with E-state index in [1.54, 1.807) is 5.56 Å². The van der Waals surface area contributed by atoms with E-state index < -0.39 is 0 Å². The quantitative estimate of drug-likeness (QED) is 0.814. The van der Waals surface area contributed by atoms with Gasteiger partial charge in [0, 0.05) is 37.8 Å². The molecule has 2 aliphatic rings. The lowest BCUT2D eigenvalue weighted by Crippen LogP contribution is -2.48. The van der Waals surface area contributed by atoms with Gasteiger partial charge in [-0.1, -0.05) is 18.2 Å². The summed E-state index contributed by atoms with van der Waals surface area (Å²) in [6, 6.07) is 8.95. The van der Waals surface area contributed by atoms with Crippen molar-refractivity contribution in [3.05, 3.63) is 29.8 Å². The molecule has 1 fully saturated rings. The Morgan fingerprint density at radius 3 is 2.88 bits per heavy atom. The second-order valence-corrected chi connectivity index (χ2v) is 5.06. The van der Waals surface area contributed by atoms with Crippen molar-refractivity contribution in [1.29, 1.82) is 0 Å². The first-order valence-electron chi connectivity index (χ1n) is 6.47. The second-order valence-electron chi connectivity index (χ2n) is 5.06. The molecular formula is C14H20N2. The minimum atomic E-state index is 0.867. The first-order valence-corrected chi connectivity index (χ1v) is 6.47. The van der Waals surface area contributed by atoms with Crippen LogP contribution in [0, 0.1) is 5.92 Å². The van der Waals surface area contributed by atoms with Gasteiger partial charge in [0.1, 0.15) is 0 Å². The summed E-state index contributed by atoms with van der Waals surface area (Å²) in [5.41, 5.74) is 3.04. The zero-order valence-electron chi connectivity index (χ0n) is 9.78. The van der Waals surface area contributed by atoms with Gasteiger partial charge in [-0.25, -0.2) is 0 Å². The molecule has 16 heavy (non-hydrogen) atoms. The third-order valence-corrected chi connectivity index (χ3v) is 3.80. The lowest BCUT2D eigenvalue weighted by Gasteiger charge is -2.34. The predicted molar refractivity (Wildman–Crippen MR) is 68.0 cm³/mol. The number of rotatable bonds is 2. The first-order chi connectivity index (χ1) is 7.93. The summed E-state index contributed by atoms with van der Waals surface area (Å²) in [4.78, 5) is 2.60. The Balaban J connectivity index is 1.81. The first kappa shape index (κ1) is 10.2. The van der Waals surface area contributed by atoms with E-state index in [1.165, 1.54) is 51.1 Å². The van der Waals surface area contributed by atoms with Crippen molar-refractivity contribution in [1.82, 2.24) is 5.32 Å². The molecule has 0 bridgehead atoms. The van der Waals surface area contributed by atoms with Crippen molar-refractivity contribution in [3.63, 3.8) is 0 Å². The summed E-state index contributed by atoms with van der Waals surface area (Å²) in [5, 5.41) is 3.36. The molecule has 2 heterocycles. The van der Waals surface area contributed by atoms with Crippen LogP contribution in [0.1, 0.15) is 18.4 Å². The van der Waals surface area contributed by atoms with Gasteiger partial charge in [-0.15, -0.1) is 0 Å². The molecule has 0 amide bonds. The highest BCUT2D eigenvalue weighted by Gasteiger charge is 2.22. The van der Waals surface area contributed by atoms with Gasteiger partial charge in [0.2, 0.25) is 0 Å². The fraction of sp³-hybridized carbons (Fsp3) is 0.571. The monoisotopic (exact) mass is 216 g/mol. The van der Waals surface area contributed by atoms with E-state index in [4.69, 9.17) is 0 Å². The van der Waals surface area contributed by atoms with Gasteiger partial charge in [-0.3, -0.25) is 0 Å². The smallest absolute Gasteiger partial charge is 0.0398 e. The lowest BCUT2D eigenvalue weighted by molar-refractivity contribution is 0.348. The Morgan fingerprint density at radius 2 is 2.06 bits per heavy atom. The summed E-state index contributed by atoms with van der Waals surface area (Å²) >= 11 is 0. The Kier molecular flexibility index (Phi) is 2.83. The summed E-state index contributed by atoms with van der Waals surface area (Å²) in [5.74, 6) is 0.867. The van der Waals surface area contributed by atoms with Crippen molar-refractivity contribution in [3.8, 4) is 0 Å². The van der Waals surface area contributed by atoms with Crippen molar-refractivity contribution < 1.29 is 0 Å². The van der Waals surface area contributed by atoms with E-state index in [-0.39, 0.29) is 0 Å². The highest BCUT2D eigenvalue weighted by molar-refractivity contribution is 5.54.